The van der Waals surface area contributed by atoms with E-state index in [0.29, 0.717) is 22.3 Å². The predicted octanol–water partition coefficient (Wildman–Crippen LogP) is 4.10. The van der Waals surface area contributed by atoms with Gasteiger partial charge in [-0.1, -0.05) is 23.7 Å². The molecule has 0 spiro atoms. The summed E-state index contributed by atoms with van der Waals surface area (Å²) in [5.41, 5.74) is 1.58. The van der Waals surface area contributed by atoms with Crippen LogP contribution < -0.4 is 9.04 Å². The van der Waals surface area contributed by atoms with Crippen molar-refractivity contribution >= 4 is 33.0 Å². The third kappa shape index (κ3) is 3.71. The highest BCUT2D eigenvalue weighted by molar-refractivity contribution is 7.93. The fourth-order valence-corrected chi connectivity index (χ4v) is 4.85. The zero-order valence-corrected chi connectivity index (χ0v) is 17.9. The smallest absolute Gasteiger partial charge is 0.268 e. The number of anilines is 1. The van der Waals surface area contributed by atoms with E-state index < -0.39 is 10.0 Å². The molecule has 4 rings (SSSR count). The van der Waals surface area contributed by atoms with Gasteiger partial charge in [0.1, 0.15) is 16.5 Å². The lowest BCUT2D eigenvalue weighted by atomic mass is 10.2. The summed E-state index contributed by atoms with van der Waals surface area (Å²) in [6.45, 7) is 1.90. The van der Waals surface area contributed by atoms with E-state index in [1.165, 1.54) is 10.4 Å². The van der Waals surface area contributed by atoms with Crippen molar-refractivity contribution in [1.29, 1.82) is 0 Å². The van der Waals surface area contributed by atoms with Gasteiger partial charge in [0.2, 0.25) is 0 Å². The number of hydrogen-bond acceptors (Lipinski definition) is 5. The topological polar surface area (TPSA) is 76.8 Å². The highest BCUT2D eigenvalue weighted by atomic mass is 35.5. The first-order valence-corrected chi connectivity index (χ1v) is 10.9. The Bertz CT molecular complexity index is 1290. The van der Waals surface area contributed by atoms with E-state index in [2.05, 4.69) is 10.2 Å². The van der Waals surface area contributed by atoms with Crippen LogP contribution in [0.4, 0.5) is 5.69 Å². The van der Waals surface area contributed by atoms with Gasteiger partial charge in [-0.05, 0) is 61.0 Å². The van der Waals surface area contributed by atoms with E-state index in [1.54, 1.807) is 67.1 Å². The van der Waals surface area contributed by atoms with Crippen molar-refractivity contribution in [3.63, 3.8) is 0 Å². The van der Waals surface area contributed by atoms with Crippen molar-refractivity contribution in [3.8, 4) is 5.75 Å². The molecule has 0 bridgehead atoms. The minimum absolute atomic E-state index is 0.0778. The van der Waals surface area contributed by atoms with Crippen LogP contribution in [0.1, 0.15) is 11.4 Å². The summed E-state index contributed by atoms with van der Waals surface area (Å²) >= 11 is 6.02. The van der Waals surface area contributed by atoms with E-state index in [1.807, 2.05) is 12.1 Å². The van der Waals surface area contributed by atoms with E-state index in [9.17, 15) is 8.42 Å². The lowest BCUT2D eigenvalue weighted by Gasteiger charge is -2.25. The summed E-state index contributed by atoms with van der Waals surface area (Å²) in [6.07, 6.45) is 1.74. The van der Waals surface area contributed by atoms with Crippen LogP contribution in [-0.4, -0.2) is 30.1 Å². The third-order valence-electron chi connectivity index (χ3n) is 4.74. The highest BCUT2D eigenvalue weighted by Crippen LogP contribution is 2.29. The maximum Gasteiger partial charge on any atom is 0.268 e. The Kier molecular flexibility index (Phi) is 5.36. The quantitative estimate of drug-likeness (QED) is 0.449. The van der Waals surface area contributed by atoms with Crippen molar-refractivity contribution in [2.75, 3.05) is 11.4 Å². The maximum atomic E-state index is 13.8. The molecule has 0 radical (unpaired) electrons. The van der Waals surface area contributed by atoms with Gasteiger partial charge in [-0.15, -0.1) is 10.2 Å². The van der Waals surface area contributed by atoms with Gasteiger partial charge >= 0.3 is 0 Å². The van der Waals surface area contributed by atoms with Crippen molar-refractivity contribution < 1.29 is 13.2 Å². The van der Waals surface area contributed by atoms with Crippen LogP contribution in [0.5, 0.6) is 5.75 Å². The van der Waals surface area contributed by atoms with Gasteiger partial charge < -0.3 is 4.74 Å². The number of benzene rings is 2. The Morgan fingerprint density at radius 2 is 1.73 bits per heavy atom. The monoisotopic (exact) mass is 442 g/mol. The standard InChI is InChI=1S/C21H19ClN4O3S/c1-15-23-24-21-20(4-3-13-25(15)21)30(27,28)26(18-9-7-17(22)8-10-18)14-16-5-11-19(29-2)12-6-16/h3-13H,14H2,1-2H3. The number of rotatable bonds is 6. The van der Waals surface area contributed by atoms with Crippen LogP contribution in [-0.2, 0) is 16.6 Å². The Hall–Kier alpha value is -3.10. The molecule has 9 heteroatoms. The Balaban J connectivity index is 1.83. The van der Waals surface area contributed by atoms with Gasteiger partial charge in [-0.25, -0.2) is 8.42 Å². The molecule has 0 fully saturated rings. The first-order valence-electron chi connectivity index (χ1n) is 9.12. The molecule has 0 saturated heterocycles. The van der Waals surface area contributed by atoms with Crippen LogP contribution in [0.15, 0.2) is 71.8 Å². The minimum atomic E-state index is -3.96. The van der Waals surface area contributed by atoms with Gasteiger partial charge in [0.25, 0.3) is 10.0 Å². The number of hydrogen-bond donors (Lipinski definition) is 0. The molecule has 154 valence electrons. The van der Waals surface area contributed by atoms with Crippen LogP contribution in [0.3, 0.4) is 0 Å². The number of fused-ring (bicyclic) bond motifs is 1. The van der Waals surface area contributed by atoms with Gasteiger partial charge in [0.05, 0.1) is 19.3 Å². The molecule has 2 heterocycles. The summed E-state index contributed by atoms with van der Waals surface area (Å²) in [5.74, 6) is 1.30. The molecule has 0 N–H and O–H groups in total. The lowest BCUT2D eigenvalue weighted by molar-refractivity contribution is 0.414. The summed E-state index contributed by atoms with van der Waals surface area (Å²) in [4.78, 5) is 0.0778. The Labute approximate surface area is 179 Å². The SMILES string of the molecule is COc1ccc(CN(c2ccc(Cl)cc2)S(=O)(=O)c2cccn3c(C)nnc23)cc1. The molecule has 0 aliphatic rings. The summed E-state index contributed by atoms with van der Waals surface area (Å²) in [7, 11) is -2.37. The molecule has 0 aliphatic carbocycles. The number of halogens is 1. The van der Waals surface area contributed by atoms with E-state index in [-0.39, 0.29) is 17.1 Å². The van der Waals surface area contributed by atoms with Crippen molar-refractivity contribution in [1.82, 2.24) is 14.6 Å². The first kappa shape index (κ1) is 20.2. The van der Waals surface area contributed by atoms with Crippen LogP contribution in [0.25, 0.3) is 5.65 Å². The fraction of sp³-hybridized carbons (Fsp3) is 0.143. The third-order valence-corrected chi connectivity index (χ3v) is 6.78. The van der Waals surface area contributed by atoms with Crippen LogP contribution in [0.2, 0.25) is 5.02 Å². The van der Waals surface area contributed by atoms with Crippen molar-refractivity contribution in [2.45, 2.75) is 18.4 Å². The normalized spacial score (nSPS) is 11.6. The molecule has 4 aromatic rings. The number of ether oxygens (including phenoxy) is 1. The highest BCUT2D eigenvalue weighted by Gasteiger charge is 2.28. The van der Waals surface area contributed by atoms with E-state index in [0.717, 1.165) is 5.56 Å². The first-order chi connectivity index (χ1) is 14.4. The summed E-state index contributed by atoms with van der Waals surface area (Å²) < 4.78 is 35.7. The average Bonchev–Trinajstić information content (AvgIpc) is 3.14. The van der Waals surface area contributed by atoms with Crippen LogP contribution >= 0.6 is 11.6 Å². The van der Waals surface area contributed by atoms with Crippen molar-refractivity contribution in [2.24, 2.45) is 0 Å². The number of aromatic nitrogens is 3. The molecule has 0 amide bonds. The molecular weight excluding hydrogens is 424 g/mol. The van der Waals surface area contributed by atoms with Gasteiger partial charge in [0.15, 0.2) is 5.65 Å². The largest absolute Gasteiger partial charge is 0.497 e. The summed E-state index contributed by atoms with van der Waals surface area (Å²) in [6, 6.07) is 17.1. The molecule has 0 atom stereocenters. The number of pyridine rings is 1. The van der Waals surface area contributed by atoms with E-state index >= 15 is 0 Å². The van der Waals surface area contributed by atoms with Crippen LogP contribution in [0, 0.1) is 6.92 Å². The molecule has 2 aromatic carbocycles. The molecule has 30 heavy (non-hydrogen) atoms. The second-order valence-corrected chi connectivity index (χ2v) is 8.92. The van der Waals surface area contributed by atoms with Crippen molar-refractivity contribution in [3.05, 3.63) is 83.3 Å². The number of methoxy groups -OCH3 is 1. The Morgan fingerprint density at radius 1 is 1.03 bits per heavy atom. The molecule has 0 aliphatic heterocycles. The fourth-order valence-electron chi connectivity index (χ4n) is 3.15. The molecule has 0 saturated carbocycles. The van der Waals surface area contributed by atoms with Gasteiger partial charge in [-0.3, -0.25) is 8.71 Å². The maximum absolute atomic E-state index is 13.8. The lowest BCUT2D eigenvalue weighted by Crippen LogP contribution is -2.31. The average molecular weight is 443 g/mol. The minimum Gasteiger partial charge on any atom is -0.497 e. The van der Waals surface area contributed by atoms with Gasteiger partial charge in [-0.2, -0.15) is 0 Å². The zero-order chi connectivity index (χ0) is 21.3. The predicted molar refractivity (Wildman–Crippen MR) is 116 cm³/mol. The Morgan fingerprint density at radius 3 is 2.40 bits per heavy atom. The van der Waals surface area contributed by atoms with E-state index in [4.69, 9.17) is 16.3 Å². The second-order valence-electron chi connectivity index (χ2n) is 6.65. The second kappa shape index (κ2) is 7.97. The number of nitrogens with zero attached hydrogens (tertiary/aromatic N) is 4. The molecule has 0 unspecified atom stereocenters. The number of sulfonamides is 1. The number of aryl methyl sites for hydroxylation is 1. The molecule has 2 aromatic heterocycles. The van der Waals surface area contributed by atoms with Gasteiger partial charge in [0, 0.05) is 11.2 Å². The molecule has 7 nitrogen and oxygen atoms in total. The summed E-state index contributed by atoms with van der Waals surface area (Å²) in [5, 5.41) is 8.61. The zero-order valence-electron chi connectivity index (χ0n) is 16.4. The molecular formula is C21H19ClN4O3S.